The van der Waals surface area contributed by atoms with Crippen molar-refractivity contribution in [3.05, 3.63) is 48.0 Å². The highest BCUT2D eigenvalue weighted by molar-refractivity contribution is 6.02. The molecule has 0 aliphatic heterocycles. The Kier molecular flexibility index (Phi) is 10.2. The van der Waals surface area contributed by atoms with E-state index in [0.717, 1.165) is 18.4 Å². The molecule has 2 aromatic carbocycles. The molecule has 1 N–H and O–H groups in total. The Bertz CT molecular complexity index is 865. The normalized spacial score (nSPS) is 10.7. The van der Waals surface area contributed by atoms with Gasteiger partial charge in [-0.15, -0.1) is 0 Å². The molecule has 0 aliphatic rings. The molecule has 0 saturated heterocycles. The lowest BCUT2D eigenvalue weighted by Crippen LogP contribution is -2.09. The predicted molar refractivity (Wildman–Crippen MR) is 121 cm³/mol. The molecule has 7 heteroatoms. The van der Waals surface area contributed by atoms with E-state index >= 15 is 0 Å². The summed E-state index contributed by atoms with van der Waals surface area (Å²) in [7, 11) is 4.76. The van der Waals surface area contributed by atoms with Crippen LogP contribution in [0.5, 0.6) is 23.0 Å². The number of methoxy groups -OCH3 is 3. The van der Waals surface area contributed by atoms with E-state index in [1.807, 2.05) is 18.2 Å². The minimum absolute atomic E-state index is 0.268. The second-order valence-corrected chi connectivity index (χ2v) is 6.64. The zero-order valence-corrected chi connectivity index (χ0v) is 18.6. The number of benzene rings is 2. The van der Waals surface area contributed by atoms with Crippen LogP contribution in [0.25, 0.3) is 6.08 Å². The number of anilines is 1. The highest BCUT2D eigenvalue weighted by atomic mass is 16.5. The van der Waals surface area contributed by atoms with Gasteiger partial charge in [-0.2, -0.15) is 0 Å². The molecule has 2 rings (SSSR count). The molecule has 168 valence electrons. The third kappa shape index (κ3) is 7.86. The molecule has 0 bridgehead atoms. The molecule has 0 aromatic heterocycles. The quantitative estimate of drug-likeness (QED) is 0.372. The Balaban J connectivity index is 2.02. The summed E-state index contributed by atoms with van der Waals surface area (Å²) in [6.45, 7) is 3.59. The molecule has 0 spiro atoms. The summed E-state index contributed by atoms with van der Waals surface area (Å²) in [5.41, 5.74) is 1.42. The summed E-state index contributed by atoms with van der Waals surface area (Å²) in [6, 6.07) is 10.8. The highest BCUT2D eigenvalue weighted by Crippen LogP contribution is 2.31. The van der Waals surface area contributed by atoms with Gasteiger partial charge in [0.05, 0.1) is 27.4 Å². The van der Waals surface area contributed by atoms with Crippen molar-refractivity contribution in [2.45, 2.75) is 19.8 Å². The second kappa shape index (κ2) is 13.2. The van der Waals surface area contributed by atoms with Crippen molar-refractivity contribution in [3.63, 3.8) is 0 Å². The van der Waals surface area contributed by atoms with E-state index in [9.17, 15) is 4.79 Å². The van der Waals surface area contributed by atoms with Gasteiger partial charge in [-0.05, 0) is 42.3 Å². The van der Waals surface area contributed by atoms with Gasteiger partial charge >= 0.3 is 0 Å². The molecule has 7 nitrogen and oxygen atoms in total. The number of amides is 1. The molecule has 0 heterocycles. The first kappa shape index (κ1) is 24.1. The van der Waals surface area contributed by atoms with Crippen molar-refractivity contribution in [1.29, 1.82) is 0 Å². The lowest BCUT2D eigenvalue weighted by Gasteiger charge is -2.12. The van der Waals surface area contributed by atoms with Crippen LogP contribution in [-0.4, -0.2) is 47.1 Å². The molecular formula is C24H31NO6. The van der Waals surface area contributed by atoms with Gasteiger partial charge in [0.15, 0.2) is 23.0 Å². The van der Waals surface area contributed by atoms with Gasteiger partial charge < -0.3 is 29.0 Å². The van der Waals surface area contributed by atoms with Crippen molar-refractivity contribution >= 4 is 17.7 Å². The van der Waals surface area contributed by atoms with Crippen LogP contribution >= 0.6 is 0 Å². The first-order valence-electron chi connectivity index (χ1n) is 10.2. The van der Waals surface area contributed by atoms with Crippen LogP contribution in [0.2, 0.25) is 0 Å². The molecule has 0 fully saturated rings. The number of hydrogen-bond donors (Lipinski definition) is 1. The highest BCUT2D eigenvalue weighted by Gasteiger charge is 2.08. The van der Waals surface area contributed by atoms with E-state index < -0.39 is 0 Å². The topological polar surface area (TPSA) is 75.3 Å². The van der Waals surface area contributed by atoms with Crippen LogP contribution in [0, 0.1) is 0 Å². The first-order valence-corrected chi connectivity index (χ1v) is 10.2. The summed E-state index contributed by atoms with van der Waals surface area (Å²) in [5, 5.41) is 2.82. The molecule has 31 heavy (non-hydrogen) atoms. The number of hydrogen-bond acceptors (Lipinski definition) is 6. The number of carbonyl (C=O) groups is 1. The van der Waals surface area contributed by atoms with E-state index in [4.69, 9.17) is 23.7 Å². The summed E-state index contributed by atoms with van der Waals surface area (Å²) in [5.74, 6) is 2.17. The summed E-state index contributed by atoms with van der Waals surface area (Å²) < 4.78 is 27.1. The van der Waals surface area contributed by atoms with Crippen molar-refractivity contribution in [2.75, 3.05) is 46.5 Å². The second-order valence-electron chi connectivity index (χ2n) is 6.64. The first-order chi connectivity index (χ1) is 15.1. The number of unbranched alkanes of at least 4 members (excludes halogenated alkanes) is 1. The number of nitrogens with one attached hydrogen (secondary N) is 1. The van der Waals surface area contributed by atoms with Crippen LogP contribution in [0.1, 0.15) is 25.3 Å². The van der Waals surface area contributed by atoms with E-state index in [0.29, 0.717) is 48.5 Å². The largest absolute Gasteiger partial charge is 0.493 e. The maximum Gasteiger partial charge on any atom is 0.248 e. The molecular weight excluding hydrogens is 398 g/mol. The summed E-state index contributed by atoms with van der Waals surface area (Å²) in [4.78, 5) is 12.4. The van der Waals surface area contributed by atoms with Crippen molar-refractivity contribution in [1.82, 2.24) is 0 Å². The average Bonchev–Trinajstić information content (AvgIpc) is 2.78. The van der Waals surface area contributed by atoms with Gasteiger partial charge in [0.2, 0.25) is 5.91 Å². The maximum atomic E-state index is 12.4. The number of carbonyl (C=O) groups excluding carboxylic acids is 1. The molecule has 1 amide bonds. The Labute approximate surface area is 183 Å². The van der Waals surface area contributed by atoms with Crippen molar-refractivity contribution in [2.24, 2.45) is 0 Å². The Hall–Kier alpha value is -3.19. The number of ether oxygens (including phenoxy) is 5. The summed E-state index contributed by atoms with van der Waals surface area (Å²) >= 11 is 0. The van der Waals surface area contributed by atoms with E-state index in [-0.39, 0.29) is 5.91 Å². The molecule has 2 aromatic rings. The van der Waals surface area contributed by atoms with Gasteiger partial charge in [-0.1, -0.05) is 19.4 Å². The van der Waals surface area contributed by atoms with E-state index in [1.165, 1.54) is 6.08 Å². The Morgan fingerprint density at radius 2 is 1.61 bits per heavy atom. The minimum atomic E-state index is -0.268. The van der Waals surface area contributed by atoms with Gasteiger partial charge in [0.1, 0.15) is 6.61 Å². The Morgan fingerprint density at radius 1 is 0.871 bits per heavy atom. The fraction of sp³-hybridized carbons (Fsp3) is 0.375. The van der Waals surface area contributed by atoms with E-state index in [1.54, 1.807) is 45.6 Å². The van der Waals surface area contributed by atoms with Crippen LogP contribution in [0.15, 0.2) is 42.5 Å². The third-order valence-corrected chi connectivity index (χ3v) is 4.35. The zero-order chi connectivity index (χ0) is 22.5. The molecule has 0 unspecified atom stereocenters. The molecule has 0 atom stereocenters. The monoisotopic (exact) mass is 429 g/mol. The van der Waals surface area contributed by atoms with Gasteiger partial charge in [0.25, 0.3) is 0 Å². The van der Waals surface area contributed by atoms with Crippen LogP contribution in [0.4, 0.5) is 5.69 Å². The zero-order valence-electron chi connectivity index (χ0n) is 18.6. The lowest BCUT2D eigenvalue weighted by atomic mass is 10.2. The predicted octanol–water partition coefficient (Wildman–Crippen LogP) is 4.56. The van der Waals surface area contributed by atoms with Crippen LogP contribution in [-0.2, 0) is 9.53 Å². The molecule has 0 aliphatic carbocycles. The standard InChI is InChI=1S/C24H31NO6/c1-5-6-13-30-21-10-7-18(16-22(21)29-4)8-12-24(26)25-19-9-11-20(28-3)23(17-19)31-15-14-27-2/h7-12,16-17H,5-6,13-15H2,1-4H3,(H,25,26)/b12-8+. The lowest BCUT2D eigenvalue weighted by molar-refractivity contribution is -0.111. The Morgan fingerprint density at radius 3 is 2.32 bits per heavy atom. The van der Waals surface area contributed by atoms with Crippen LogP contribution < -0.4 is 24.3 Å². The van der Waals surface area contributed by atoms with Crippen molar-refractivity contribution in [3.8, 4) is 23.0 Å². The van der Waals surface area contributed by atoms with Gasteiger partial charge in [0, 0.05) is 24.9 Å². The number of rotatable bonds is 13. The van der Waals surface area contributed by atoms with Gasteiger partial charge in [-0.25, -0.2) is 0 Å². The van der Waals surface area contributed by atoms with Gasteiger partial charge in [-0.3, -0.25) is 4.79 Å². The van der Waals surface area contributed by atoms with E-state index in [2.05, 4.69) is 12.2 Å². The van der Waals surface area contributed by atoms with Crippen LogP contribution in [0.3, 0.4) is 0 Å². The SMILES string of the molecule is CCCCOc1ccc(/C=C/C(=O)Nc2ccc(OC)c(OCCOC)c2)cc1OC. The third-order valence-electron chi connectivity index (χ3n) is 4.35. The fourth-order valence-corrected chi connectivity index (χ4v) is 2.69. The minimum Gasteiger partial charge on any atom is -0.493 e. The average molecular weight is 430 g/mol. The molecule has 0 radical (unpaired) electrons. The summed E-state index contributed by atoms with van der Waals surface area (Å²) in [6.07, 6.45) is 5.22. The maximum absolute atomic E-state index is 12.4. The molecule has 0 saturated carbocycles. The van der Waals surface area contributed by atoms with Crippen molar-refractivity contribution < 1.29 is 28.5 Å². The smallest absolute Gasteiger partial charge is 0.248 e. The fourth-order valence-electron chi connectivity index (χ4n) is 2.69.